The zero-order valence-electron chi connectivity index (χ0n) is 14.6. The third kappa shape index (κ3) is 4.12. The molecule has 1 amide bonds. The highest BCUT2D eigenvalue weighted by molar-refractivity contribution is 7.71. The highest BCUT2D eigenvalue weighted by atomic mass is 32.1. The Labute approximate surface area is 151 Å². The van der Waals surface area contributed by atoms with Crippen LogP contribution in [0.15, 0.2) is 17.5 Å². The molecule has 0 aliphatic carbocycles. The van der Waals surface area contributed by atoms with Crippen LogP contribution in [0.2, 0.25) is 0 Å². The molecule has 8 heteroatoms. The quantitative estimate of drug-likeness (QED) is 0.767. The van der Waals surface area contributed by atoms with Gasteiger partial charge in [-0.2, -0.15) is 5.10 Å². The van der Waals surface area contributed by atoms with Crippen LogP contribution in [0.4, 0.5) is 0 Å². The van der Waals surface area contributed by atoms with Gasteiger partial charge in [-0.3, -0.25) is 14.5 Å². The van der Waals surface area contributed by atoms with E-state index in [2.05, 4.69) is 36.3 Å². The lowest BCUT2D eigenvalue weighted by Crippen LogP contribution is -2.42. The molecule has 2 aromatic rings. The lowest BCUT2D eigenvalue weighted by Gasteiger charge is -2.30. The number of ether oxygens (including phenoxy) is 1. The Hall–Kier alpha value is -1.51. The molecule has 0 bridgehead atoms. The van der Waals surface area contributed by atoms with E-state index >= 15 is 0 Å². The number of amides is 1. The average Bonchev–Trinajstić information content (AvgIpc) is 3.14. The number of nitrogens with one attached hydrogen (secondary N) is 2. The molecule has 0 radical (unpaired) electrons. The van der Waals surface area contributed by atoms with Crippen molar-refractivity contribution in [2.24, 2.45) is 5.41 Å². The number of carbonyl (C=O) groups is 1. The number of rotatable bonds is 6. The van der Waals surface area contributed by atoms with Gasteiger partial charge in [0, 0.05) is 13.7 Å². The molecular formula is C16H24N4O2S2. The van der Waals surface area contributed by atoms with E-state index in [9.17, 15) is 4.79 Å². The van der Waals surface area contributed by atoms with Gasteiger partial charge >= 0.3 is 0 Å². The Balaban J connectivity index is 2.15. The maximum absolute atomic E-state index is 12.6. The molecule has 24 heavy (non-hydrogen) atoms. The Morgan fingerprint density at radius 1 is 1.54 bits per heavy atom. The molecule has 0 aromatic carbocycles. The van der Waals surface area contributed by atoms with Gasteiger partial charge in [-0.25, -0.2) is 0 Å². The van der Waals surface area contributed by atoms with Crippen molar-refractivity contribution in [2.45, 2.75) is 39.8 Å². The van der Waals surface area contributed by atoms with Crippen molar-refractivity contribution >= 4 is 29.5 Å². The van der Waals surface area contributed by atoms with Crippen molar-refractivity contribution in [3.05, 3.63) is 22.3 Å². The van der Waals surface area contributed by atoms with Gasteiger partial charge in [0.25, 0.3) is 0 Å². The molecule has 2 rings (SSSR count). The van der Waals surface area contributed by atoms with E-state index in [1.807, 2.05) is 24.4 Å². The minimum absolute atomic E-state index is 0.0562. The van der Waals surface area contributed by atoms with Gasteiger partial charge < -0.3 is 10.1 Å². The first-order valence-electron chi connectivity index (χ1n) is 7.77. The zero-order valence-corrected chi connectivity index (χ0v) is 16.3. The SMILES string of the molecule is CO[C@H](CNC(=O)[C@@H](C)n1c(-c2cccs2)n[nH]c1=S)C(C)(C)C. The van der Waals surface area contributed by atoms with Crippen molar-refractivity contribution in [3.8, 4) is 10.7 Å². The number of nitrogens with zero attached hydrogens (tertiary/aromatic N) is 2. The third-order valence-corrected chi connectivity index (χ3v) is 5.08. The van der Waals surface area contributed by atoms with Crippen LogP contribution < -0.4 is 5.32 Å². The topological polar surface area (TPSA) is 71.9 Å². The molecule has 0 aliphatic rings. The average molecular weight is 369 g/mol. The van der Waals surface area contributed by atoms with E-state index in [0.717, 1.165) is 4.88 Å². The zero-order chi connectivity index (χ0) is 17.9. The summed E-state index contributed by atoms with van der Waals surface area (Å²) in [4.78, 5) is 13.6. The minimum atomic E-state index is -0.467. The van der Waals surface area contributed by atoms with Gasteiger partial charge in [-0.05, 0) is 36.0 Å². The molecule has 0 aliphatic heterocycles. The number of carbonyl (C=O) groups excluding carboxylic acids is 1. The molecule has 0 spiro atoms. The van der Waals surface area contributed by atoms with Crippen LogP contribution in [-0.4, -0.2) is 40.4 Å². The summed E-state index contributed by atoms with van der Waals surface area (Å²) in [5, 5.41) is 12.0. The first kappa shape index (κ1) is 18.8. The molecular weight excluding hydrogens is 344 g/mol. The Morgan fingerprint density at radius 3 is 2.79 bits per heavy atom. The van der Waals surface area contributed by atoms with Crippen LogP contribution in [0.3, 0.4) is 0 Å². The van der Waals surface area contributed by atoms with E-state index in [4.69, 9.17) is 17.0 Å². The summed E-state index contributed by atoms with van der Waals surface area (Å²) in [5.41, 5.74) is -0.0562. The fourth-order valence-corrected chi connectivity index (χ4v) is 3.45. The molecule has 0 fully saturated rings. The van der Waals surface area contributed by atoms with Crippen molar-refractivity contribution < 1.29 is 9.53 Å². The largest absolute Gasteiger partial charge is 0.379 e. The lowest BCUT2D eigenvalue weighted by atomic mass is 9.89. The minimum Gasteiger partial charge on any atom is -0.379 e. The monoisotopic (exact) mass is 368 g/mol. The standard InChI is InChI=1S/C16H24N4O2S2/c1-10(14(21)17-9-12(22-5)16(2,3)4)20-13(18-19-15(20)23)11-7-6-8-24-11/h6-8,10,12H,9H2,1-5H3,(H,17,21)(H,19,23)/t10-,12-/m1/s1. The van der Waals surface area contributed by atoms with E-state index in [1.165, 1.54) is 0 Å². The van der Waals surface area contributed by atoms with Crippen LogP contribution in [0.1, 0.15) is 33.7 Å². The Morgan fingerprint density at radius 2 is 2.25 bits per heavy atom. The second-order valence-corrected chi connectivity index (χ2v) is 8.05. The van der Waals surface area contributed by atoms with Gasteiger partial charge in [-0.15, -0.1) is 11.3 Å². The van der Waals surface area contributed by atoms with Gasteiger partial charge in [0.1, 0.15) is 6.04 Å². The maximum atomic E-state index is 12.6. The van der Waals surface area contributed by atoms with Crippen LogP contribution in [0.25, 0.3) is 10.7 Å². The molecule has 132 valence electrons. The molecule has 2 atom stereocenters. The maximum Gasteiger partial charge on any atom is 0.243 e. The first-order valence-corrected chi connectivity index (χ1v) is 9.05. The predicted molar refractivity (Wildman–Crippen MR) is 98.7 cm³/mol. The molecule has 2 N–H and O–H groups in total. The fourth-order valence-electron chi connectivity index (χ4n) is 2.44. The summed E-state index contributed by atoms with van der Waals surface area (Å²) in [6.07, 6.45) is -0.0669. The second-order valence-electron chi connectivity index (χ2n) is 6.71. The first-order chi connectivity index (χ1) is 11.3. The Bertz CT molecular complexity index is 728. The highest BCUT2D eigenvalue weighted by Crippen LogP contribution is 2.26. The van der Waals surface area contributed by atoms with E-state index < -0.39 is 6.04 Å². The summed E-state index contributed by atoms with van der Waals surface area (Å²) in [6.45, 7) is 8.51. The van der Waals surface area contributed by atoms with Crippen molar-refractivity contribution in [2.75, 3.05) is 13.7 Å². The summed E-state index contributed by atoms with van der Waals surface area (Å²) in [6, 6.07) is 3.43. The number of H-pyrrole nitrogens is 1. The molecule has 0 saturated carbocycles. The Kier molecular flexibility index (Phi) is 5.95. The lowest BCUT2D eigenvalue weighted by molar-refractivity contribution is -0.124. The number of methoxy groups -OCH3 is 1. The summed E-state index contributed by atoms with van der Waals surface area (Å²) < 4.78 is 7.66. The van der Waals surface area contributed by atoms with Crippen LogP contribution in [0, 0.1) is 10.2 Å². The fraction of sp³-hybridized carbons (Fsp3) is 0.562. The number of hydrogen-bond donors (Lipinski definition) is 2. The summed E-state index contributed by atoms with van der Waals surface area (Å²) >= 11 is 6.86. The smallest absolute Gasteiger partial charge is 0.243 e. The van der Waals surface area contributed by atoms with Gasteiger partial charge in [-0.1, -0.05) is 26.8 Å². The number of aromatic amines is 1. The summed E-state index contributed by atoms with van der Waals surface area (Å²) in [5.74, 6) is 0.563. The molecule has 0 saturated heterocycles. The van der Waals surface area contributed by atoms with Gasteiger partial charge in [0.05, 0.1) is 11.0 Å². The second kappa shape index (κ2) is 7.58. The van der Waals surface area contributed by atoms with E-state index in [1.54, 1.807) is 23.0 Å². The van der Waals surface area contributed by atoms with Crippen molar-refractivity contribution in [3.63, 3.8) is 0 Å². The van der Waals surface area contributed by atoms with E-state index in [0.29, 0.717) is 17.1 Å². The van der Waals surface area contributed by atoms with Crippen LogP contribution in [-0.2, 0) is 9.53 Å². The number of hydrogen-bond acceptors (Lipinski definition) is 5. The van der Waals surface area contributed by atoms with Crippen LogP contribution in [0.5, 0.6) is 0 Å². The van der Waals surface area contributed by atoms with Gasteiger partial charge in [0.15, 0.2) is 10.6 Å². The molecule has 0 unspecified atom stereocenters. The number of aromatic nitrogens is 3. The predicted octanol–water partition coefficient (Wildman–Crippen LogP) is 3.41. The molecule has 2 aromatic heterocycles. The summed E-state index contributed by atoms with van der Waals surface area (Å²) in [7, 11) is 1.66. The van der Waals surface area contributed by atoms with Crippen LogP contribution >= 0.6 is 23.6 Å². The normalized spacial score (nSPS) is 14.4. The molecule has 6 nitrogen and oxygen atoms in total. The third-order valence-electron chi connectivity index (χ3n) is 3.92. The van der Waals surface area contributed by atoms with Crippen molar-refractivity contribution in [1.82, 2.24) is 20.1 Å². The molecule has 2 heterocycles. The van der Waals surface area contributed by atoms with Crippen molar-refractivity contribution in [1.29, 1.82) is 0 Å². The van der Waals surface area contributed by atoms with Gasteiger partial charge in [0.2, 0.25) is 5.91 Å². The number of thiophene rings is 1. The van der Waals surface area contributed by atoms with E-state index in [-0.39, 0.29) is 17.4 Å². The highest BCUT2D eigenvalue weighted by Gasteiger charge is 2.27.